The molecule has 0 unspecified atom stereocenters. The van der Waals surface area contributed by atoms with Crippen LogP contribution in [0.2, 0.25) is 0 Å². The maximum atomic E-state index is 12.6. The van der Waals surface area contributed by atoms with Crippen molar-refractivity contribution in [1.29, 1.82) is 0 Å². The van der Waals surface area contributed by atoms with Crippen LogP contribution >= 0.6 is 0 Å². The monoisotopic (exact) mass is 850 g/mol. The molecule has 0 radical (unpaired) electrons. The van der Waals surface area contributed by atoms with Gasteiger partial charge in [0.25, 0.3) is 0 Å². The highest BCUT2D eigenvalue weighted by Gasteiger charge is 2.11. The lowest BCUT2D eigenvalue weighted by molar-refractivity contribution is 0.289. The van der Waals surface area contributed by atoms with Crippen molar-refractivity contribution in [2.75, 3.05) is 19.8 Å². The summed E-state index contributed by atoms with van der Waals surface area (Å²) in [6, 6.07) is 31.6. The van der Waals surface area contributed by atoms with Crippen molar-refractivity contribution in [2.45, 2.75) is 110 Å². The topological polar surface area (TPSA) is 99.1 Å². The average molecular weight is 851 g/mol. The summed E-state index contributed by atoms with van der Waals surface area (Å²) in [5, 5.41) is 10.5. The van der Waals surface area contributed by atoms with E-state index in [9.17, 15) is 9.59 Å². The average Bonchev–Trinajstić information content (AvgIpc) is 3.30. The van der Waals surface area contributed by atoms with Crippen molar-refractivity contribution >= 4 is 21.9 Å². The van der Waals surface area contributed by atoms with E-state index in [1.807, 2.05) is 66.7 Å². The Morgan fingerprint density at radius 3 is 1.41 bits per heavy atom. The Labute approximate surface area is 373 Å². The number of ether oxygens (including phenoxy) is 2. The Morgan fingerprint density at radius 1 is 0.540 bits per heavy atom. The van der Waals surface area contributed by atoms with Gasteiger partial charge in [-0.3, -0.25) is 0 Å². The molecule has 6 aromatic rings. The number of aryl methyl sites for hydroxylation is 2. The standard InChI is InChI=1S/C28H34O4.C28H32O3/c1-2-3-8-11-22-12-14-23(15-13-22)26-20-24-16-17-25(21-27(24)32-28(26)30)31-19-10-7-5-4-6-9-18-29;1-3-5-7-8-9-11-19-30-25-18-17-24-20-26(28(29)31-27(24)21-25)23-15-13-22(14-16-23)12-10-6-4-2/h4-5,12-17,20-21,29H,2-3,6-11,18-19H2,1H3;3,7-8,13-18,20-21H,1,4-6,9-12,19H2,2H3/b5-4+;8-7+. The van der Waals surface area contributed by atoms with Crippen LogP contribution in [0.3, 0.4) is 0 Å². The number of aliphatic hydroxyl groups is 1. The minimum absolute atomic E-state index is 0.235. The lowest BCUT2D eigenvalue weighted by Crippen LogP contribution is -2.03. The van der Waals surface area contributed by atoms with Crippen LogP contribution in [0.1, 0.15) is 108 Å². The number of rotatable bonds is 25. The SMILES string of the molecule is C=CC/C=C/CCCOc1ccc2cc(-c3ccc(CCCCC)cc3)c(=O)oc2c1.CCCCCc1ccc(-c2cc3ccc(OCCC/C=C/CCCO)cc3oc2=O)cc1. The summed E-state index contributed by atoms with van der Waals surface area (Å²) in [5.41, 5.74) is 5.98. The predicted octanol–water partition coefficient (Wildman–Crippen LogP) is 14.2. The molecule has 0 spiro atoms. The van der Waals surface area contributed by atoms with E-state index in [1.54, 1.807) is 12.1 Å². The molecule has 0 aliphatic rings. The van der Waals surface area contributed by atoms with Crippen LogP contribution in [0.25, 0.3) is 44.2 Å². The highest BCUT2D eigenvalue weighted by atomic mass is 16.5. The van der Waals surface area contributed by atoms with Gasteiger partial charge in [-0.25, -0.2) is 9.59 Å². The maximum absolute atomic E-state index is 12.6. The summed E-state index contributed by atoms with van der Waals surface area (Å²) >= 11 is 0. The first kappa shape index (κ1) is 48.1. The summed E-state index contributed by atoms with van der Waals surface area (Å²) in [4.78, 5) is 25.2. The molecule has 0 aliphatic heterocycles. The number of benzene rings is 4. The third kappa shape index (κ3) is 16.1. The third-order valence-electron chi connectivity index (χ3n) is 10.8. The molecular formula is C56H66O7. The van der Waals surface area contributed by atoms with Crippen molar-refractivity contribution in [3.8, 4) is 33.8 Å². The molecule has 0 aliphatic carbocycles. The van der Waals surface area contributed by atoms with E-state index in [0.29, 0.717) is 41.3 Å². The lowest BCUT2D eigenvalue weighted by Gasteiger charge is -2.08. The number of hydrogen-bond acceptors (Lipinski definition) is 7. The summed E-state index contributed by atoms with van der Waals surface area (Å²) in [6.07, 6.45) is 26.2. The Balaban J connectivity index is 0.000000238. The highest BCUT2D eigenvalue weighted by Crippen LogP contribution is 2.27. The molecule has 0 fully saturated rings. The first-order valence-corrected chi connectivity index (χ1v) is 23.0. The van der Waals surface area contributed by atoms with Crippen LogP contribution in [-0.4, -0.2) is 24.9 Å². The van der Waals surface area contributed by atoms with Crippen molar-refractivity contribution in [3.63, 3.8) is 0 Å². The molecule has 7 nitrogen and oxygen atoms in total. The molecular weight excluding hydrogens is 785 g/mol. The Morgan fingerprint density at radius 2 is 0.984 bits per heavy atom. The fourth-order valence-corrected chi connectivity index (χ4v) is 7.16. The summed E-state index contributed by atoms with van der Waals surface area (Å²) in [5.74, 6) is 1.42. The zero-order chi connectivity index (χ0) is 44.5. The van der Waals surface area contributed by atoms with Gasteiger partial charge in [0, 0.05) is 29.5 Å². The van der Waals surface area contributed by atoms with Gasteiger partial charge in [-0.2, -0.15) is 0 Å². The second-order valence-corrected chi connectivity index (χ2v) is 15.9. The molecule has 1 N–H and O–H groups in total. The number of unbranched alkanes of at least 4 members (excludes halogenated alkanes) is 7. The van der Waals surface area contributed by atoms with E-state index in [0.717, 1.165) is 85.4 Å². The maximum Gasteiger partial charge on any atom is 0.344 e. The second-order valence-electron chi connectivity index (χ2n) is 15.9. The third-order valence-corrected chi connectivity index (χ3v) is 10.8. The van der Waals surface area contributed by atoms with Crippen LogP contribution in [0.5, 0.6) is 11.5 Å². The van der Waals surface area contributed by atoms with Gasteiger partial charge in [0.2, 0.25) is 0 Å². The fraction of sp³-hybridized carbons (Fsp3) is 0.357. The Hall–Kier alpha value is -5.92. The Kier molecular flexibility index (Phi) is 20.8. The molecule has 0 bridgehead atoms. The minimum atomic E-state index is -0.332. The predicted molar refractivity (Wildman–Crippen MR) is 261 cm³/mol. The molecule has 0 amide bonds. The van der Waals surface area contributed by atoms with Gasteiger partial charge in [-0.05, 0) is 129 Å². The summed E-state index contributed by atoms with van der Waals surface area (Å²) < 4.78 is 22.9. The smallest absolute Gasteiger partial charge is 0.344 e. The van der Waals surface area contributed by atoms with Gasteiger partial charge < -0.3 is 23.4 Å². The number of aliphatic hydroxyl groups excluding tert-OH is 1. The van der Waals surface area contributed by atoms with E-state index in [1.165, 1.54) is 49.7 Å². The molecule has 0 saturated carbocycles. The molecule has 7 heteroatoms. The van der Waals surface area contributed by atoms with Crippen LogP contribution in [0.4, 0.5) is 0 Å². The Bertz CT molecular complexity index is 2450. The molecule has 332 valence electrons. The fourth-order valence-electron chi connectivity index (χ4n) is 7.16. The lowest BCUT2D eigenvalue weighted by atomic mass is 10.0. The molecule has 4 aromatic carbocycles. The van der Waals surface area contributed by atoms with Crippen molar-refractivity contribution in [2.24, 2.45) is 0 Å². The van der Waals surface area contributed by atoms with Gasteiger partial charge >= 0.3 is 11.3 Å². The number of allylic oxidation sites excluding steroid dienone is 5. The van der Waals surface area contributed by atoms with Crippen molar-refractivity contribution in [1.82, 2.24) is 0 Å². The number of fused-ring (bicyclic) bond motifs is 2. The molecule has 6 rings (SSSR count). The van der Waals surface area contributed by atoms with E-state index < -0.39 is 0 Å². The zero-order valence-corrected chi connectivity index (χ0v) is 37.5. The van der Waals surface area contributed by atoms with E-state index in [2.05, 4.69) is 69.0 Å². The van der Waals surface area contributed by atoms with E-state index in [-0.39, 0.29) is 17.9 Å². The molecule has 0 saturated heterocycles. The van der Waals surface area contributed by atoms with E-state index >= 15 is 0 Å². The molecule has 63 heavy (non-hydrogen) atoms. The van der Waals surface area contributed by atoms with Crippen LogP contribution < -0.4 is 20.7 Å². The van der Waals surface area contributed by atoms with Gasteiger partial charge in [0.05, 0.1) is 24.3 Å². The van der Waals surface area contributed by atoms with Crippen LogP contribution in [0.15, 0.2) is 152 Å². The van der Waals surface area contributed by atoms with Gasteiger partial charge in [0.1, 0.15) is 22.7 Å². The number of hydrogen-bond donors (Lipinski definition) is 1. The van der Waals surface area contributed by atoms with Crippen LogP contribution in [0, 0.1) is 0 Å². The second kappa shape index (κ2) is 27.2. The van der Waals surface area contributed by atoms with Crippen molar-refractivity contribution < 1.29 is 23.4 Å². The molecule has 2 aromatic heterocycles. The van der Waals surface area contributed by atoms with Gasteiger partial charge in [-0.15, -0.1) is 6.58 Å². The summed E-state index contributed by atoms with van der Waals surface area (Å²) in [7, 11) is 0. The van der Waals surface area contributed by atoms with Gasteiger partial charge in [-0.1, -0.05) is 118 Å². The van der Waals surface area contributed by atoms with Crippen molar-refractivity contribution in [3.05, 3.63) is 166 Å². The first-order chi connectivity index (χ1) is 30.9. The van der Waals surface area contributed by atoms with Gasteiger partial charge in [0.15, 0.2) is 0 Å². The minimum Gasteiger partial charge on any atom is -0.493 e. The largest absolute Gasteiger partial charge is 0.493 e. The summed E-state index contributed by atoms with van der Waals surface area (Å²) in [6.45, 7) is 9.57. The molecule has 2 heterocycles. The highest BCUT2D eigenvalue weighted by molar-refractivity contribution is 5.83. The quantitative estimate of drug-likeness (QED) is 0.0348. The van der Waals surface area contributed by atoms with Crippen LogP contribution in [-0.2, 0) is 12.8 Å². The first-order valence-electron chi connectivity index (χ1n) is 23.0. The van der Waals surface area contributed by atoms with E-state index in [4.69, 9.17) is 23.4 Å². The normalized spacial score (nSPS) is 11.3. The zero-order valence-electron chi connectivity index (χ0n) is 37.5. The molecule has 0 atom stereocenters.